The van der Waals surface area contributed by atoms with E-state index in [1.165, 1.54) is 25.7 Å². The van der Waals surface area contributed by atoms with Gasteiger partial charge in [-0.1, -0.05) is 45.6 Å². The minimum absolute atomic E-state index is 0.00490. The van der Waals surface area contributed by atoms with Crippen LogP contribution in [0, 0.1) is 0 Å². The molecule has 0 saturated heterocycles. The van der Waals surface area contributed by atoms with Crippen molar-refractivity contribution in [3.05, 3.63) is 48.5 Å². The highest BCUT2D eigenvalue weighted by Gasteiger charge is 2.05. The van der Waals surface area contributed by atoms with Gasteiger partial charge < -0.3 is 20.7 Å². The summed E-state index contributed by atoms with van der Waals surface area (Å²) in [6, 6.07) is 14.8. The minimum atomic E-state index is -0.142. The first kappa shape index (κ1) is 24.3. The molecule has 2 aromatic rings. The number of ether oxygens (including phenoxy) is 1. The number of hydrogen-bond donors (Lipinski definition) is 3. The monoisotopic (exact) mass is 425 g/mol. The molecule has 6 heteroatoms. The van der Waals surface area contributed by atoms with E-state index < -0.39 is 0 Å². The number of benzene rings is 2. The van der Waals surface area contributed by atoms with Crippen LogP contribution in [0.3, 0.4) is 0 Å². The third-order valence-electron chi connectivity index (χ3n) is 4.73. The molecule has 0 fully saturated rings. The number of unbranched alkanes of at least 4 members (excludes halogenated alkanes) is 4. The summed E-state index contributed by atoms with van der Waals surface area (Å²) in [7, 11) is 0. The van der Waals surface area contributed by atoms with Gasteiger partial charge in [0.2, 0.25) is 11.8 Å². The van der Waals surface area contributed by atoms with Crippen LogP contribution in [0.4, 0.5) is 17.1 Å². The first-order valence-electron chi connectivity index (χ1n) is 11.3. The van der Waals surface area contributed by atoms with Crippen LogP contribution in [0.15, 0.2) is 48.5 Å². The zero-order chi connectivity index (χ0) is 22.3. The van der Waals surface area contributed by atoms with Crippen molar-refractivity contribution >= 4 is 28.9 Å². The normalized spacial score (nSPS) is 10.4. The van der Waals surface area contributed by atoms with Gasteiger partial charge in [-0.25, -0.2) is 0 Å². The van der Waals surface area contributed by atoms with E-state index in [2.05, 4.69) is 22.9 Å². The second kappa shape index (κ2) is 14.1. The molecule has 168 valence electrons. The van der Waals surface area contributed by atoms with Crippen LogP contribution >= 0.6 is 0 Å². The van der Waals surface area contributed by atoms with Crippen LogP contribution in [0.25, 0.3) is 0 Å². The fourth-order valence-electron chi connectivity index (χ4n) is 3.07. The average Bonchev–Trinajstić information content (AvgIpc) is 2.76. The SMILES string of the molecule is CCCCCCCOc1cccc(NC(=O)CNc2ccc(NC(=O)CCC)cc2)c1. The Kier molecular flexibility index (Phi) is 11.0. The number of nitrogens with one attached hydrogen (secondary N) is 3. The Balaban J connectivity index is 1.72. The van der Waals surface area contributed by atoms with E-state index in [0.717, 1.165) is 30.0 Å². The van der Waals surface area contributed by atoms with Crippen LogP contribution in [0.5, 0.6) is 5.75 Å². The third kappa shape index (κ3) is 10.0. The van der Waals surface area contributed by atoms with E-state index in [0.29, 0.717) is 18.7 Å². The van der Waals surface area contributed by atoms with Gasteiger partial charge in [0, 0.05) is 29.5 Å². The second-order valence-electron chi connectivity index (χ2n) is 7.57. The molecular formula is C25H35N3O3. The molecule has 2 aromatic carbocycles. The molecule has 0 saturated carbocycles. The average molecular weight is 426 g/mol. The molecule has 0 aromatic heterocycles. The summed E-state index contributed by atoms with van der Waals surface area (Å²) in [6.45, 7) is 5.01. The maximum atomic E-state index is 12.3. The fourth-order valence-corrected chi connectivity index (χ4v) is 3.07. The Morgan fingerprint density at radius 1 is 0.774 bits per heavy atom. The lowest BCUT2D eigenvalue weighted by Crippen LogP contribution is -2.21. The highest BCUT2D eigenvalue weighted by molar-refractivity contribution is 5.94. The lowest BCUT2D eigenvalue weighted by Gasteiger charge is -2.11. The number of anilines is 3. The topological polar surface area (TPSA) is 79.5 Å². The number of amides is 2. The maximum absolute atomic E-state index is 12.3. The summed E-state index contributed by atoms with van der Waals surface area (Å²) in [5, 5.41) is 8.81. The molecule has 0 aliphatic heterocycles. The van der Waals surface area contributed by atoms with Gasteiger partial charge in [0.15, 0.2) is 0 Å². The van der Waals surface area contributed by atoms with Crippen LogP contribution < -0.4 is 20.7 Å². The highest BCUT2D eigenvalue weighted by atomic mass is 16.5. The Morgan fingerprint density at radius 2 is 1.48 bits per heavy atom. The summed E-state index contributed by atoms with van der Waals surface area (Å²) in [5.41, 5.74) is 2.27. The van der Waals surface area contributed by atoms with Gasteiger partial charge >= 0.3 is 0 Å². The zero-order valence-electron chi connectivity index (χ0n) is 18.7. The van der Waals surface area contributed by atoms with Crippen molar-refractivity contribution in [3.8, 4) is 5.75 Å². The quantitative estimate of drug-likeness (QED) is 0.333. The van der Waals surface area contributed by atoms with Crippen LogP contribution in [0.1, 0.15) is 58.8 Å². The standard InChI is InChI=1S/C25H35N3O3/c1-3-5-6-7-8-17-31-23-12-9-11-22(18-23)28-25(30)19-26-20-13-15-21(16-14-20)27-24(29)10-4-2/h9,11-16,18,26H,3-8,10,17,19H2,1-2H3,(H,27,29)(H,28,30). The number of carbonyl (C=O) groups excluding carboxylic acids is 2. The lowest BCUT2D eigenvalue weighted by molar-refractivity contribution is -0.116. The molecule has 0 radical (unpaired) electrons. The van der Waals surface area contributed by atoms with E-state index in [1.54, 1.807) is 0 Å². The molecule has 3 N–H and O–H groups in total. The smallest absolute Gasteiger partial charge is 0.243 e. The van der Waals surface area contributed by atoms with Gasteiger partial charge in [-0.3, -0.25) is 9.59 Å². The summed E-state index contributed by atoms with van der Waals surface area (Å²) in [5.74, 6) is 0.629. The van der Waals surface area contributed by atoms with E-state index in [-0.39, 0.29) is 18.4 Å². The molecule has 0 heterocycles. The zero-order valence-corrected chi connectivity index (χ0v) is 18.7. The van der Waals surface area contributed by atoms with Gasteiger partial charge in [-0.05, 0) is 49.2 Å². The molecule has 0 spiro atoms. The number of carbonyl (C=O) groups is 2. The molecule has 0 atom stereocenters. The van der Waals surface area contributed by atoms with Gasteiger partial charge in [-0.15, -0.1) is 0 Å². The van der Waals surface area contributed by atoms with Crippen molar-refractivity contribution in [1.29, 1.82) is 0 Å². The van der Waals surface area contributed by atoms with E-state index >= 15 is 0 Å². The lowest BCUT2D eigenvalue weighted by atomic mass is 10.2. The maximum Gasteiger partial charge on any atom is 0.243 e. The fraction of sp³-hybridized carbons (Fsp3) is 0.440. The molecule has 0 aliphatic carbocycles. The van der Waals surface area contributed by atoms with Crippen molar-refractivity contribution in [3.63, 3.8) is 0 Å². The van der Waals surface area contributed by atoms with Gasteiger partial charge in [-0.2, -0.15) is 0 Å². The minimum Gasteiger partial charge on any atom is -0.494 e. The Bertz CT molecular complexity index is 806. The summed E-state index contributed by atoms with van der Waals surface area (Å²) >= 11 is 0. The largest absolute Gasteiger partial charge is 0.494 e. The summed E-state index contributed by atoms with van der Waals surface area (Å²) in [6.07, 6.45) is 7.30. The molecule has 6 nitrogen and oxygen atoms in total. The van der Waals surface area contributed by atoms with Gasteiger partial charge in [0.1, 0.15) is 5.75 Å². The Labute approximate surface area is 185 Å². The van der Waals surface area contributed by atoms with Gasteiger partial charge in [0.05, 0.1) is 13.2 Å². The predicted molar refractivity (Wildman–Crippen MR) is 128 cm³/mol. The number of rotatable bonds is 14. The molecule has 2 amide bonds. The Hall–Kier alpha value is -3.02. The highest BCUT2D eigenvalue weighted by Crippen LogP contribution is 2.18. The van der Waals surface area contributed by atoms with E-state index in [4.69, 9.17) is 4.74 Å². The summed E-state index contributed by atoms with van der Waals surface area (Å²) < 4.78 is 5.79. The van der Waals surface area contributed by atoms with Crippen molar-refractivity contribution < 1.29 is 14.3 Å². The molecule has 2 rings (SSSR count). The second-order valence-corrected chi connectivity index (χ2v) is 7.57. The van der Waals surface area contributed by atoms with E-state index in [1.807, 2.05) is 55.5 Å². The van der Waals surface area contributed by atoms with Crippen LogP contribution in [-0.4, -0.2) is 25.0 Å². The van der Waals surface area contributed by atoms with Crippen molar-refractivity contribution in [2.24, 2.45) is 0 Å². The van der Waals surface area contributed by atoms with Crippen molar-refractivity contribution in [1.82, 2.24) is 0 Å². The molecule has 0 bridgehead atoms. The first-order chi connectivity index (χ1) is 15.1. The van der Waals surface area contributed by atoms with Crippen LogP contribution in [0.2, 0.25) is 0 Å². The number of hydrogen-bond acceptors (Lipinski definition) is 4. The molecule has 0 unspecified atom stereocenters. The van der Waals surface area contributed by atoms with E-state index in [9.17, 15) is 9.59 Å². The third-order valence-corrected chi connectivity index (χ3v) is 4.73. The molecule has 31 heavy (non-hydrogen) atoms. The predicted octanol–water partition coefficient (Wildman–Crippen LogP) is 5.83. The molecular weight excluding hydrogens is 390 g/mol. The van der Waals surface area contributed by atoms with Crippen molar-refractivity contribution in [2.75, 3.05) is 29.1 Å². The Morgan fingerprint density at radius 3 is 2.23 bits per heavy atom. The molecule has 0 aliphatic rings. The van der Waals surface area contributed by atoms with Gasteiger partial charge in [0.25, 0.3) is 0 Å². The van der Waals surface area contributed by atoms with Crippen LogP contribution in [-0.2, 0) is 9.59 Å². The van der Waals surface area contributed by atoms with Crippen molar-refractivity contribution in [2.45, 2.75) is 58.8 Å². The summed E-state index contributed by atoms with van der Waals surface area (Å²) in [4.78, 5) is 23.9. The first-order valence-corrected chi connectivity index (χ1v) is 11.3.